The van der Waals surface area contributed by atoms with Crippen molar-refractivity contribution in [3.8, 4) is 0 Å². The zero-order valence-electron chi connectivity index (χ0n) is 22.1. The molecule has 0 bridgehead atoms. The van der Waals surface area contributed by atoms with Crippen molar-refractivity contribution < 1.29 is 19.1 Å². The predicted molar refractivity (Wildman–Crippen MR) is 149 cm³/mol. The molecule has 0 amide bonds. The van der Waals surface area contributed by atoms with E-state index in [9.17, 15) is 9.59 Å². The minimum Gasteiger partial charge on any atom is -0.463 e. The summed E-state index contributed by atoms with van der Waals surface area (Å²) in [6.07, 6.45) is 1.02. The number of benzene rings is 2. The van der Waals surface area contributed by atoms with Crippen LogP contribution in [0.2, 0.25) is 5.02 Å². The third kappa shape index (κ3) is 4.93. The molecular weight excluding hydrogens is 502 g/mol. The molecule has 0 radical (unpaired) electrons. The van der Waals surface area contributed by atoms with Gasteiger partial charge in [-0.2, -0.15) is 0 Å². The van der Waals surface area contributed by atoms with E-state index in [0.717, 1.165) is 35.7 Å². The summed E-state index contributed by atoms with van der Waals surface area (Å²) >= 11 is 6.17. The zero-order chi connectivity index (χ0) is 27.0. The fourth-order valence-electron chi connectivity index (χ4n) is 5.74. The van der Waals surface area contributed by atoms with Gasteiger partial charge in [0.15, 0.2) is 5.78 Å². The first kappa shape index (κ1) is 26.3. The molecule has 2 aliphatic heterocycles. The van der Waals surface area contributed by atoms with Gasteiger partial charge >= 0.3 is 5.97 Å². The zero-order valence-corrected chi connectivity index (χ0v) is 22.9. The van der Waals surface area contributed by atoms with E-state index in [1.165, 1.54) is 0 Å². The van der Waals surface area contributed by atoms with Crippen molar-refractivity contribution in [2.24, 2.45) is 11.1 Å². The van der Waals surface area contributed by atoms with Gasteiger partial charge in [0.2, 0.25) is 0 Å². The van der Waals surface area contributed by atoms with Gasteiger partial charge in [0.05, 0.1) is 31.3 Å². The quantitative estimate of drug-likeness (QED) is 0.529. The topological polar surface area (TPSA) is 85.1 Å². The van der Waals surface area contributed by atoms with Crippen LogP contribution in [0.4, 0.5) is 11.4 Å². The number of anilines is 2. The Hall–Kier alpha value is -3.29. The Balaban J connectivity index is 1.68. The maximum Gasteiger partial charge on any atom is 0.338 e. The van der Waals surface area contributed by atoms with Crippen LogP contribution in [-0.4, -0.2) is 44.7 Å². The van der Waals surface area contributed by atoms with Crippen molar-refractivity contribution in [2.45, 2.75) is 39.5 Å². The molecule has 1 atom stereocenters. The first-order valence-electron chi connectivity index (χ1n) is 13.1. The minimum atomic E-state index is -0.616. The summed E-state index contributed by atoms with van der Waals surface area (Å²) in [5, 5.41) is 0.589. The van der Waals surface area contributed by atoms with Gasteiger partial charge in [0.25, 0.3) is 0 Å². The maximum atomic E-state index is 13.9. The SMILES string of the molecule is CCOC(=O)C1=C(N)N(c2ccc(Cl)cc2)C2=C(C(=O)CC(C)(C)C2)C1c1ccc(N2CCOCC2)cc1. The molecule has 5 rings (SSSR count). The standard InChI is InChI=1S/C30H34ClN3O4/c1-4-38-29(36)27-25(19-5-9-21(10-6-19)33-13-15-37-16-14-33)26-23(17-30(2,3)18-24(26)35)34(28(27)32)22-11-7-20(31)8-12-22/h5-12,25H,4,13-18,32H2,1-3H3. The van der Waals surface area contributed by atoms with Crippen LogP contribution >= 0.6 is 11.6 Å². The van der Waals surface area contributed by atoms with Gasteiger partial charge in [-0.1, -0.05) is 37.6 Å². The molecule has 0 spiro atoms. The van der Waals surface area contributed by atoms with E-state index in [1.807, 2.05) is 41.3 Å². The Labute approximate surface area is 228 Å². The van der Waals surface area contributed by atoms with Crippen molar-refractivity contribution >= 4 is 34.7 Å². The highest BCUT2D eigenvalue weighted by Gasteiger charge is 2.46. The second-order valence-corrected chi connectivity index (χ2v) is 11.2. The van der Waals surface area contributed by atoms with Crippen LogP contribution in [0.5, 0.6) is 0 Å². The highest BCUT2D eigenvalue weighted by atomic mass is 35.5. The molecule has 1 saturated heterocycles. The van der Waals surface area contributed by atoms with E-state index < -0.39 is 11.9 Å². The maximum absolute atomic E-state index is 13.9. The minimum absolute atomic E-state index is 0.0202. The van der Waals surface area contributed by atoms with Crippen LogP contribution in [0, 0.1) is 5.41 Å². The summed E-state index contributed by atoms with van der Waals surface area (Å²) in [6, 6.07) is 15.3. The van der Waals surface area contributed by atoms with Gasteiger partial charge in [-0.3, -0.25) is 9.69 Å². The Morgan fingerprint density at radius 3 is 2.32 bits per heavy atom. The number of carbonyl (C=O) groups is 2. The Morgan fingerprint density at radius 1 is 1.05 bits per heavy atom. The van der Waals surface area contributed by atoms with Crippen LogP contribution in [0.1, 0.15) is 45.1 Å². The number of ether oxygens (including phenoxy) is 2. The average molecular weight is 536 g/mol. The highest BCUT2D eigenvalue weighted by molar-refractivity contribution is 6.30. The number of hydrogen-bond donors (Lipinski definition) is 1. The molecule has 1 unspecified atom stereocenters. The van der Waals surface area contributed by atoms with Crippen molar-refractivity contribution in [3.05, 3.63) is 81.8 Å². The summed E-state index contributed by atoms with van der Waals surface area (Å²) in [4.78, 5) is 31.5. The Morgan fingerprint density at radius 2 is 1.68 bits per heavy atom. The van der Waals surface area contributed by atoms with E-state index in [0.29, 0.717) is 36.7 Å². The van der Waals surface area contributed by atoms with Gasteiger partial charge in [-0.05, 0) is 60.7 Å². The largest absolute Gasteiger partial charge is 0.463 e. The van der Waals surface area contributed by atoms with E-state index in [-0.39, 0.29) is 29.2 Å². The van der Waals surface area contributed by atoms with E-state index in [4.69, 9.17) is 26.8 Å². The molecular formula is C30H34ClN3O4. The number of rotatable bonds is 5. The average Bonchev–Trinajstić information content (AvgIpc) is 2.89. The second-order valence-electron chi connectivity index (χ2n) is 10.8. The summed E-state index contributed by atoms with van der Waals surface area (Å²) < 4.78 is 11.0. The normalized spacial score (nSPS) is 21.5. The van der Waals surface area contributed by atoms with Gasteiger partial charge in [0.1, 0.15) is 5.82 Å². The molecule has 1 fully saturated rings. The molecule has 38 heavy (non-hydrogen) atoms. The lowest BCUT2D eigenvalue weighted by atomic mass is 9.68. The number of morpholine rings is 1. The third-order valence-electron chi connectivity index (χ3n) is 7.44. The number of esters is 1. The van der Waals surface area contributed by atoms with Crippen molar-refractivity contribution in [1.82, 2.24) is 0 Å². The first-order chi connectivity index (χ1) is 18.2. The number of Topliss-reactive ketones (excluding diaryl/α,β-unsaturated/α-hetero) is 1. The molecule has 2 N–H and O–H groups in total. The predicted octanol–water partition coefficient (Wildman–Crippen LogP) is 5.16. The summed E-state index contributed by atoms with van der Waals surface area (Å²) in [7, 11) is 0. The summed E-state index contributed by atoms with van der Waals surface area (Å²) in [5.41, 5.74) is 11.0. The number of ketones is 1. The van der Waals surface area contributed by atoms with Crippen molar-refractivity contribution in [2.75, 3.05) is 42.7 Å². The van der Waals surface area contributed by atoms with Crippen molar-refractivity contribution in [3.63, 3.8) is 0 Å². The van der Waals surface area contributed by atoms with Crippen molar-refractivity contribution in [1.29, 1.82) is 0 Å². The van der Waals surface area contributed by atoms with Crippen LogP contribution in [-0.2, 0) is 19.1 Å². The Kier molecular flexibility index (Phi) is 7.25. The number of allylic oxidation sites excluding steroid dienone is 2. The van der Waals surface area contributed by atoms with E-state index >= 15 is 0 Å². The number of halogens is 1. The van der Waals surface area contributed by atoms with Gasteiger partial charge in [-0.15, -0.1) is 0 Å². The van der Waals surface area contributed by atoms with Gasteiger partial charge in [0, 0.05) is 47.2 Å². The lowest BCUT2D eigenvalue weighted by Gasteiger charge is -2.44. The fraction of sp³-hybridized carbons (Fsp3) is 0.400. The molecule has 200 valence electrons. The van der Waals surface area contributed by atoms with Crippen LogP contribution in [0.3, 0.4) is 0 Å². The molecule has 1 aliphatic carbocycles. The molecule has 3 aliphatic rings. The third-order valence-corrected chi connectivity index (χ3v) is 7.70. The number of hydrogen-bond acceptors (Lipinski definition) is 7. The number of carbonyl (C=O) groups excluding carboxylic acids is 2. The lowest BCUT2D eigenvalue weighted by Crippen LogP contribution is -2.43. The number of nitrogens with zero attached hydrogens (tertiary/aromatic N) is 2. The van der Waals surface area contributed by atoms with Crippen LogP contribution in [0.25, 0.3) is 0 Å². The lowest BCUT2D eigenvalue weighted by molar-refractivity contribution is -0.138. The molecule has 2 aromatic rings. The smallest absolute Gasteiger partial charge is 0.338 e. The fourth-order valence-corrected chi connectivity index (χ4v) is 5.86. The van der Waals surface area contributed by atoms with Gasteiger partial charge < -0.3 is 20.1 Å². The Bertz CT molecular complexity index is 1290. The molecule has 8 heteroatoms. The summed E-state index contributed by atoms with van der Waals surface area (Å²) in [5.74, 6) is -0.839. The summed E-state index contributed by atoms with van der Waals surface area (Å²) in [6.45, 7) is 9.16. The second kappa shape index (κ2) is 10.5. The van der Waals surface area contributed by atoms with E-state index in [2.05, 4.69) is 18.7 Å². The molecule has 0 saturated carbocycles. The molecule has 0 aromatic heterocycles. The van der Waals surface area contributed by atoms with Gasteiger partial charge in [-0.25, -0.2) is 4.79 Å². The molecule has 2 heterocycles. The van der Waals surface area contributed by atoms with Crippen LogP contribution < -0.4 is 15.5 Å². The van der Waals surface area contributed by atoms with E-state index in [1.54, 1.807) is 19.1 Å². The number of nitrogens with two attached hydrogens (primary N) is 1. The van der Waals surface area contributed by atoms with Crippen LogP contribution in [0.15, 0.2) is 71.2 Å². The molecule has 2 aromatic carbocycles. The highest BCUT2D eigenvalue weighted by Crippen LogP contribution is 2.50. The monoisotopic (exact) mass is 535 g/mol. The first-order valence-corrected chi connectivity index (χ1v) is 13.5. The molecule has 7 nitrogen and oxygen atoms in total.